The first-order valence-corrected chi connectivity index (χ1v) is 7.90. The molecule has 0 aromatic heterocycles. The Kier molecular flexibility index (Phi) is 2.79. The standard InChI is InChI=1S/C18H15N3O3/c22-18-13(6-12-16-11(3-4-19-12)8-21-17(16)18)20-7-10-1-2-14-15(5-10)24-9-23-14/h1-2,5-6,8,20,22H,3-4,7,9H2. The largest absolute Gasteiger partial charge is 0.504 e. The van der Waals surface area contributed by atoms with E-state index in [1.54, 1.807) is 0 Å². The molecule has 0 saturated heterocycles. The monoisotopic (exact) mass is 321 g/mol. The summed E-state index contributed by atoms with van der Waals surface area (Å²) >= 11 is 0. The summed E-state index contributed by atoms with van der Waals surface area (Å²) in [7, 11) is 0. The van der Waals surface area contributed by atoms with E-state index >= 15 is 0 Å². The molecule has 0 fully saturated rings. The van der Waals surface area contributed by atoms with Crippen molar-refractivity contribution in [3.8, 4) is 17.2 Å². The SMILES string of the molecule is Oc1c(NCc2ccc3c(c2)OCO3)cc2c3c1N=CC=3CCN=2. The zero-order valence-corrected chi connectivity index (χ0v) is 12.9. The molecule has 120 valence electrons. The van der Waals surface area contributed by atoms with Crippen molar-refractivity contribution in [1.82, 2.24) is 0 Å². The van der Waals surface area contributed by atoms with Crippen LogP contribution in [0.4, 0.5) is 11.4 Å². The molecule has 0 aliphatic carbocycles. The van der Waals surface area contributed by atoms with E-state index in [4.69, 9.17) is 9.47 Å². The van der Waals surface area contributed by atoms with Gasteiger partial charge in [-0.3, -0.25) is 9.98 Å². The molecule has 6 heteroatoms. The lowest BCUT2D eigenvalue weighted by atomic mass is 10.1. The van der Waals surface area contributed by atoms with Gasteiger partial charge in [0, 0.05) is 24.5 Å². The fraction of sp³-hybridized carbons (Fsp3) is 0.222. The van der Waals surface area contributed by atoms with Gasteiger partial charge in [0.15, 0.2) is 17.2 Å². The smallest absolute Gasteiger partial charge is 0.231 e. The molecule has 3 heterocycles. The van der Waals surface area contributed by atoms with Crippen molar-refractivity contribution >= 4 is 23.2 Å². The van der Waals surface area contributed by atoms with E-state index in [9.17, 15) is 5.11 Å². The van der Waals surface area contributed by atoms with Crippen LogP contribution in [0, 0.1) is 0 Å². The van der Waals surface area contributed by atoms with Crippen LogP contribution >= 0.6 is 0 Å². The summed E-state index contributed by atoms with van der Waals surface area (Å²) in [6.07, 6.45) is 2.72. The minimum absolute atomic E-state index is 0.179. The first kappa shape index (κ1) is 13.4. The van der Waals surface area contributed by atoms with Crippen LogP contribution in [0.5, 0.6) is 17.2 Å². The zero-order valence-electron chi connectivity index (χ0n) is 12.9. The topological polar surface area (TPSA) is 75.4 Å². The summed E-state index contributed by atoms with van der Waals surface area (Å²) < 4.78 is 10.7. The van der Waals surface area contributed by atoms with E-state index in [1.165, 1.54) is 0 Å². The highest BCUT2D eigenvalue weighted by Crippen LogP contribution is 2.35. The third-order valence-electron chi connectivity index (χ3n) is 4.51. The highest BCUT2D eigenvalue weighted by molar-refractivity contribution is 6.08. The van der Waals surface area contributed by atoms with Gasteiger partial charge >= 0.3 is 0 Å². The minimum Gasteiger partial charge on any atom is -0.504 e. The highest BCUT2D eigenvalue weighted by atomic mass is 16.7. The third kappa shape index (κ3) is 1.96. The molecule has 5 rings (SSSR count). The normalized spacial score (nSPS) is 16.1. The number of aromatic hydroxyl groups is 1. The van der Waals surface area contributed by atoms with Gasteiger partial charge in [-0.25, -0.2) is 0 Å². The molecule has 2 aromatic rings. The van der Waals surface area contributed by atoms with Crippen LogP contribution in [-0.4, -0.2) is 24.7 Å². The Morgan fingerprint density at radius 2 is 2.08 bits per heavy atom. The van der Waals surface area contributed by atoms with Gasteiger partial charge in [0.2, 0.25) is 6.79 Å². The van der Waals surface area contributed by atoms with Crippen LogP contribution < -0.4 is 25.4 Å². The highest BCUT2D eigenvalue weighted by Gasteiger charge is 2.19. The van der Waals surface area contributed by atoms with Crippen LogP contribution in [0.3, 0.4) is 0 Å². The van der Waals surface area contributed by atoms with Crippen molar-refractivity contribution in [2.24, 2.45) is 9.98 Å². The molecule has 3 aliphatic rings. The summed E-state index contributed by atoms with van der Waals surface area (Å²) in [5.41, 5.74) is 3.47. The van der Waals surface area contributed by atoms with E-state index in [0.717, 1.165) is 46.2 Å². The molecule has 24 heavy (non-hydrogen) atoms. The molecule has 2 aromatic carbocycles. The molecule has 0 amide bonds. The van der Waals surface area contributed by atoms with Crippen LogP contribution in [0.2, 0.25) is 0 Å². The molecule has 0 atom stereocenters. The Morgan fingerprint density at radius 1 is 1.17 bits per heavy atom. The number of nitrogens with zero attached hydrogens (tertiary/aromatic N) is 2. The number of phenolic OH excluding ortho intramolecular Hbond substituents is 1. The van der Waals surface area contributed by atoms with Crippen LogP contribution in [0.25, 0.3) is 5.57 Å². The second-order valence-corrected chi connectivity index (χ2v) is 5.97. The summed E-state index contributed by atoms with van der Waals surface area (Å²) in [5, 5.41) is 15.7. The number of phenols is 1. The second kappa shape index (κ2) is 4.99. The summed E-state index contributed by atoms with van der Waals surface area (Å²) in [6, 6.07) is 7.71. The molecule has 0 unspecified atom stereocenters. The molecular formula is C18H15N3O3. The molecule has 0 spiro atoms. The van der Waals surface area contributed by atoms with Crippen molar-refractivity contribution in [1.29, 1.82) is 0 Å². The Morgan fingerprint density at radius 3 is 3.04 bits per heavy atom. The maximum absolute atomic E-state index is 10.5. The van der Waals surface area contributed by atoms with Gasteiger partial charge in [-0.05, 0) is 35.8 Å². The predicted octanol–water partition coefficient (Wildman–Crippen LogP) is 1.62. The van der Waals surface area contributed by atoms with E-state index in [0.29, 0.717) is 17.9 Å². The first-order valence-electron chi connectivity index (χ1n) is 7.90. The number of anilines is 1. The lowest BCUT2D eigenvalue weighted by molar-refractivity contribution is 0.174. The Bertz CT molecular complexity index is 1010. The van der Waals surface area contributed by atoms with Gasteiger partial charge in [-0.1, -0.05) is 6.07 Å². The zero-order chi connectivity index (χ0) is 16.1. The molecule has 6 nitrogen and oxygen atoms in total. The molecule has 0 radical (unpaired) electrons. The first-order chi connectivity index (χ1) is 11.8. The average Bonchev–Trinajstić information content (AvgIpc) is 3.24. The molecular weight excluding hydrogens is 306 g/mol. The quantitative estimate of drug-likeness (QED) is 0.843. The van der Waals surface area contributed by atoms with Crippen LogP contribution in [-0.2, 0) is 6.54 Å². The number of ether oxygens (including phenoxy) is 2. The summed E-state index contributed by atoms with van der Waals surface area (Å²) in [4.78, 5) is 8.93. The number of aliphatic imine (C=N–C) groups is 1. The van der Waals surface area contributed by atoms with Gasteiger partial charge in [0.1, 0.15) is 5.69 Å². The maximum Gasteiger partial charge on any atom is 0.231 e. The summed E-state index contributed by atoms with van der Waals surface area (Å²) in [6.45, 7) is 1.59. The molecule has 2 N–H and O–H groups in total. The van der Waals surface area contributed by atoms with E-state index in [2.05, 4.69) is 15.3 Å². The average molecular weight is 321 g/mol. The van der Waals surface area contributed by atoms with Gasteiger partial charge in [0.05, 0.1) is 11.0 Å². The van der Waals surface area contributed by atoms with Crippen molar-refractivity contribution in [3.05, 3.63) is 40.4 Å². The fourth-order valence-corrected chi connectivity index (χ4v) is 3.29. The number of fused-ring (bicyclic) bond motifs is 1. The van der Waals surface area contributed by atoms with E-state index in [-0.39, 0.29) is 12.5 Å². The molecule has 0 bridgehead atoms. The third-order valence-corrected chi connectivity index (χ3v) is 4.51. The van der Waals surface area contributed by atoms with E-state index in [1.807, 2.05) is 30.5 Å². The molecule has 0 saturated carbocycles. The van der Waals surface area contributed by atoms with Crippen molar-refractivity contribution in [3.63, 3.8) is 0 Å². The maximum atomic E-state index is 10.5. The van der Waals surface area contributed by atoms with Crippen LogP contribution in [0.1, 0.15) is 12.0 Å². The summed E-state index contributed by atoms with van der Waals surface area (Å²) in [5.74, 6) is 1.69. The Balaban J connectivity index is 1.48. The minimum atomic E-state index is 0.179. The number of benzene rings is 2. The lowest BCUT2D eigenvalue weighted by Crippen LogP contribution is -2.30. The number of nitrogens with one attached hydrogen (secondary N) is 1. The fourth-order valence-electron chi connectivity index (χ4n) is 3.29. The van der Waals surface area contributed by atoms with E-state index < -0.39 is 0 Å². The number of rotatable bonds is 3. The number of hydrogen-bond acceptors (Lipinski definition) is 6. The van der Waals surface area contributed by atoms with Gasteiger partial charge in [0.25, 0.3) is 0 Å². The number of hydrogen-bond donors (Lipinski definition) is 2. The van der Waals surface area contributed by atoms with Crippen molar-refractivity contribution in [2.45, 2.75) is 13.0 Å². The van der Waals surface area contributed by atoms with Crippen molar-refractivity contribution < 1.29 is 14.6 Å². The van der Waals surface area contributed by atoms with Crippen LogP contribution in [0.15, 0.2) is 34.3 Å². The van der Waals surface area contributed by atoms with Gasteiger partial charge in [-0.15, -0.1) is 0 Å². The Labute approximate surface area is 137 Å². The lowest BCUT2D eigenvalue weighted by Gasteiger charge is -2.12. The predicted molar refractivity (Wildman–Crippen MR) is 89.8 cm³/mol. The second-order valence-electron chi connectivity index (χ2n) is 5.97. The Hall–Kier alpha value is -3.02. The van der Waals surface area contributed by atoms with Crippen molar-refractivity contribution in [2.75, 3.05) is 18.7 Å². The molecule has 3 aliphatic heterocycles. The van der Waals surface area contributed by atoms with Gasteiger partial charge in [-0.2, -0.15) is 0 Å². The van der Waals surface area contributed by atoms with Gasteiger partial charge < -0.3 is 19.9 Å².